The van der Waals surface area contributed by atoms with Gasteiger partial charge in [0.25, 0.3) is 0 Å². The molecule has 1 saturated carbocycles. The predicted octanol–water partition coefficient (Wildman–Crippen LogP) is 1.09. The SMILES string of the molecule is COc1ccc2c3c1O[C@H]1C(=NNC(N)=S)CC[C@@]4(O)[C@@H](C2)N(C)CC[C@]314.Cl. The number of hydrogen-bond donors (Lipinski definition) is 3. The number of likely N-dealkylation sites (tertiary alicyclic amines) is 1. The Kier molecular flexibility index (Phi) is 4.54. The molecule has 9 heteroatoms. The van der Waals surface area contributed by atoms with Gasteiger partial charge in [-0.2, -0.15) is 5.10 Å². The molecule has 2 fully saturated rings. The van der Waals surface area contributed by atoms with Crippen molar-refractivity contribution < 1.29 is 14.6 Å². The molecule has 4 atom stereocenters. The maximum absolute atomic E-state index is 12.1. The summed E-state index contributed by atoms with van der Waals surface area (Å²) in [6.07, 6.45) is 2.54. The molecule has 2 aliphatic carbocycles. The molecule has 0 aromatic heterocycles. The van der Waals surface area contributed by atoms with E-state index in [0.29, 0.717) is 18.6 Å². The number of halogens is 1. The Labute approximate surface area is 175 Å². The molecule has 0 unspecified atom stereocenters. The van der Waals surface area contributed by atoms with Gasteiger partial charge in [0, 0.05) is 11.6 Å². The summed E-state index contributed by atoms with van der Waals surface area (Å²) in [6, 6.07) is 4.15. The van der Waals surface area contributed by atoms with Crippen molar-refractivity contribution in [2.45, 2.75) is 48.8 Å². The van der Waals surface area contributed by atoms with Gasteiger partial charge in [-0.05, 0) is 63.1 Å². The number of benzene rings is 1. The fraction of sp³-hybridized carbons (Fsp3) is 0.579. The van der Waals surface area contributed by atoms with E-state index in [1.165, 1.54) is 5.56 Å². The van der Waals surface area contributed by atoms with Gasteiger partial charge in [-0.25, -0.2) is 0 Å². The first-order chi connectivity index (χ1) is 12.9. The van der Waals surface area contributed by atoms with Crippen LogP contribution in [0.3, 0.4) is 0 Å². The Morgan fingerprint density at radius 2 is 2.25 bits per heavy atom. The first-order valence-electron chi connectivity index (χ1n) is 9.34. The summed E-state index contributed by atoms with van der Waals surface area (Å²) < 4.78 is 12.1. The zero-order valence-corrected chi connectivity index (χ0v) is 17.5. The molecule has 28 heavy (non-hydrogen) atoms. The van der Waals surface area contributed by atoms with Crippen molar-refractivity contribution in [1.82, 2.24) is 10.3 Å². The average molecular weight is 425 g/mol. The van der Waals surface area contributed by atoms with Crippen molar-refractivity contribution >= 4 is 35.4 Å². The second-order valence-electron chi connectivity index (χ2n) is 8.05. The smallest absolute Gasteiger partial charge is 0.184 e. The number of rotatable bonds is 2. The lowest BCUT2D eigenvalue weighted by atomic mass is 9.49. The zero-order chi connectivity index (χ0) is 19.0. The maximum Gasteiger partial charge on any atom is 0.184 e. The Bertz CT molecular complexity index is 881. The molecule has 4 N–H and O–H groups in total. The lowest BCUT2D eigenvalue weighted by molar-refractivity contribution is -0.160. The number of hydrogen-bond acceptors (Lipinski definition) is 6. The number of nitrogens with two attached hydrogens (primary N) is 1. The van der Waals surface area contributed by atoms with Gasteiger partial charge in [0.1, 0.15) is 0 Å². The van der Waals surface area contributed by atoms with Crippen molar-refractivity contribution in [2.75, 3.05) is 20.7 Å². The molecule has 1 spiro atoms. The van der Waals surface area contributed by atoms with Gasteiger partial charge < -0.3 is 25.2 Å². The summed E-state index contributed by atoms with van der Waals surface area (Å²) in [5.41, 5.74) is 10.1. The fourth-order valence-corrected chi connectivity index (χ4v) is 5.99. The molecule has 0 amide bonds. The van der Waals surface area contributed by atoms with Gasteiger partial charge in [-0.15, -0.1) is 12.4 Å². The van der Waals surface area contributed by atoms with Gasteiger partial charge in [-0.1, -0.05) is 6.07 Å². The summed E-state index contributed by atoms with van der Waals surface area (Å²) in [5, 5.41) is 16.6. The Morgan fingerprint density at radius 3 is 2.96 bits per heavy atom. The molecule has 7 nitrogen and oxygen atoms in total. The zero-order valence-electron chi connectivity index (χ0n) is 15.9. The van der Waals surface area contributed by atoms with Crippen LogP contribution in [-0.4, -0.2) is 59.3 Å². The van der Waals surface area contributed by atoms with E-state index in [1.54, 1.807) is 7.11 Å². The van der Waals surface area contributed by atoms with Crippen molar-refractivity contribution in [3.05, 3.63) is 23.3 Å². The van der Waals surface area contributed by atoms with Gasteiger partial charge in [0.05, 0.1) is 23.8 Å². The summed E-state index contributed by atoms with van der Waals surface area (Å²) in [7, 11) is 3.75. The highest BCUT2D eigenvalue weighted by Gasteiger charge is 2.72. The minimum Gasteiger partial charge on any atom is -0.493 e. The molecule has 1 aromatic rings. The van der Waals surface area contributed by atoms with Gasteiger partial charge in [0.15, 0.2) is 22.7 Å². The molecule has 2 heterocycles. The van der Waals surface area contributed by atoms with E-state index in [-0.39, 0.29) is 29.7 Å². The van der Waals surface area contributed by atoms with Crippen LogP contribution in [0.2, 0.25) is 0 Å². The van der Waals surface area contributed by atoms with E-state index in [0.717, 1.165) is 36.4 Å². The predicted molar refractivity (Wildman–Crippen MR) is 113 cm³/mol. The largest absolute Gasteiger partial charge is 0.493 e. The monoisotopic (exact) mass is 424 g/mol. The summed E-state index contributed by atoms with van der Waals surface area (Å²) >= 11 is 4.91. The second kappa shape index (κ2) is 6.45. The van der Waals surface area contributed by atoms with Crippen LogP contribution in [0.1, 0.15) is 30.4 Å². The highest BCUT2D eigenvalue weighted by molar-refractivity contribution is 7.80. The second-order valence-corrected chi connectivity index (χ2v) is 8.49. The molecule has 1 saturated heterocycles. The van der Waals surface area contributed by atoms with E-state index in [9.17, 15) is 5.11 Å². The molecular formula is C19H25ClN4O3S. The van der Waals surface area contributed by atoms with Crippen molar-refractivity contribution in [3.8, 4) is 11.5 Å². The lowest BCUT2D eigenvalue weighted by Crippen LogP contribution is -2.76. The molecule has 0 radical (unpaired) electrons. The number of likely N-dealkylation sites (N-methyl/N-ethyl adjacent to an activating group) is 1. The van der Waals surface area contributed by atoms with E-state index in [2.05, 4.69) is 28.5 Å². The average Bonchev–Trinajstić information content (AvgIpc) is 2.99. The number of piperidine rings is 1. The number of methoxy groups -OCH3 is 1. The van der Waals surface area contributed by atoms with E-state index in [1.807, 2.05) is 6.07 Å². The molecule has 4 aliphatic rings. The van der Waals surface area contributed by atoms with Crippen molar-refractivity contribution in [1.29, 1.82) is 0 Å². The van der Waals surface area contributed by atoms with Crippen LogP contribution in [0, 0.1) is 0 Å². The van der Waals surface area contributed by atoms with E-state index >= 15 is 0 Å². The maximum atomic E-state index is 12.1. The third-order valence-corrected chi connectivity index (χ3v) is 7.15. The summed E-state index contributed by atoms with van der Waals surface area (Å²) in [6.45, 7) is 0.902. The number of nitrogens with one attached hydrogen (secondary N) is 1. The first-order valence-corrected chi connectivity index (χ1v) is 9.74. The summed E-state index contributed by atoms with van der Waals surface area (Å²) in [5.74, 6) is 1.46. The standard InChI is InChI=1S/C19H24N4O3S.ClH/c1-23-8-7-18-14-10-3-4-12(25-2)15(14)26-16(18)11(21-22-17(20)27)5-6-19(18,24)13(23)9-10;/h3-4,13,16,24H,5-9H2,1-2H3,(H3,20,22,27);1H/t13-,16+,18+,19-;/m1./s1. The third-order valence-electron chi connectivity index (χ3n) is 7.06. The van der Waals surface area contributed by atoms with Crippen LogP contribution in [0.25, 0.3) is 0 Å². The molecular weight excluding hydrogens is 400 g/mol. The van der Waals surface area contributed by atoms with Crippen molar-refractivity contribution in [2.24, 2.45) is 10.8 Å². The minimum absolute atomic E-state index is 0. The number of hydrazone groups is 1. The van der Waals surface area contributed by atoms with Crippen LogP contribution in [0.5, 0.6) is 11.5 Å². The van der Waals surface area contributed by atoms with Gasteiger partial charge in [-0.3, -0.25) is 5.43 Å². The van der Waals surface area contributed by atoms with Crippen LogP contribution in [0.15, 0.2) is 17.2 Å². The number of nitrogens with zero attached hydrogens (tertiary/aromatic N) is 2. The third kappa shape index (κ3) is 2.23. The van der Waals surface area contributed by atoms with E-state index < -0.39 is 11.0 Å². The Morgan fingerprint density at radius 1 is 1.46 bits per heavy atom. The van der Waals surface area contributed by atoms with Crippen LogP contribution in [0.4, 0.5) is 0 Å². The molecule has 2 bridgehead atoms. The highest BCUT2D eigenvalue weighted by Crippen LogP contribution is 2.64. The van der Waals surface area contributed by atoms with Gasteiger partial charge >= 0.3 is 0 Å². The number of aliphatic hydroxyl groups is 1. The summed E-state index contributed by atoms with van der Waals surface area (Å²) in [4.78, 5) is 2.29. The molecule has 2 aliphatic heterocycles. The van der Waals surface area contributed by atoms with Crippen LogP contribution >= 0.6 is 24.6 Å². The Hall–Kier alpha value is -1.61. The normalized spacial score (nSPS) is 36.2. The first kappa shape index (κ1) is 19.7. The van der Waals surface area contributed by atoms with Gasteiger partial charge in [0.2, 0.25) is 0 Å². The Balaban J connectivity index is 0.00000192. The van der Waals surface area contributed by atoms with E-state index in [4.69, 9.17) is 27.4 Å². The molecule has 152 valence electrons. The number of thiocarbonyl (C=S) groups is 1. The lowest BCUT2D eigenvalue weighted by Gasteiger charge is -2.62. The highest BCUT2D eigenvalue weighted by atomic mass is 35.5. The quantitative estimate of drug-likeness (QED) is 0.483. The van der Waals surface area contributed by atoms with Crippen molar-refractivity contribution in [3.63, 3.8) is 0 Å². The fourth-order valence-electron chi connectivity index (χ4n) is 5.94. The topological polar surface area (TPSA) is 92.3 Å². The van der Waals surface area contributed by atoms with Crippen LogP contribution in [-0.2, 0) is 11.8 Å². The molecule has 5 rings (SSSR count). The van der Waals surface area contributed by atoms with Crippen LogP contribution < -0.4 is 20.6 Å². The molecule has 1 aromatic carbocycles. The number of ether oxygens (including phenoxy) is 2. The minimum atomic E-state index is -0.864.